The van der Waals surface area contributed by atoms with Crippen LogP contribution in [0, 0.1) is 11.3 Å². The number of hydrogen-bond donors (Lipinski definition) is 1. The molecule has 0 bridgehead atoms. The van der Waals surface area contributed by atoms with Crippen molar-refractivity contribution in [2.75, 3.05) is 7.11 Å². The molecule has 1 aliphatic rings. The molecule has 0 aromatic carbocycles. The quantitative estimate of drug-likeness (QED) is 0.629. The van der Waals surface area contributed by atoms with Gasteiger partial charge in [0.1, 0.15) is 0 Å². The Hall–Kier alpha value is -0.570. The first kappa shape index (κ1) is 10.5. The van der Waals surface area contributed by atoms with Crippen molar-refractivity contribution in [3.63, 3.8) is 0 Å². The summed E-state index contributed by atoms with van der Waals surface area (Å²) in [6.45, 7) is 3.80. The zero-order valence-electron chi connectivity index (χ0n) is 8.54. The first-order chi connectivity index (χ1) is 6.03. The smallest absolute Gasteiger partial charge is 0.314 e. The second-order valence-electron chi connectivity index (χ2n) is 4.12. The molecule has 1 fully saturated rings. The van der Waals surface area contributed by atoms with Crippen LogP contribution in [0.5, 0.6) is 0 Å². The molecule has 0 saturated heterocycles. The largest absolute Gasteiger partial charge is 0.469 e. The third kappa shape index (κ3) is 1.57. The van der Waals surface area contributed by atoms with Gasteiger partial charge in [-0.1, -0.05) is 13.3 Å². The van der Waals surface area contributed by atoms with Crippen molar-refractivity contribution < 1.29 is 14.6 Å². The lowest BCUT2D eigenvalue weighted by Crippen LogP contribution is -2.48. The summed E-state index contributed by atoms with van der Waals surface area (Å²) < 4.78 is 4.73. The molecule has 0 radical (unpaired) electrons. The van der Waals surface area contributed by atoms with Crippen molar-refractivity contribution in [2.45, 2.75) is 39.2 Å². The number of aliphatic hydroxyl groups excluding tert-OH is 1. The zero-order valence-corrected chi connectivity index (χ0v) is 8.54. The van der Waals surface area contributed by atoms with Crippen LogP contribution in [-0.2, 0) is 9.53 Å². The monoisotopic (exact) mass is 186 g/mol. The molecule has 3 heteroatoms. The molecule has 0 heterocycles. The average molecular weight is 186 g/mol. The van der Waals surface area contributed by atoms with E-state index >= 15 is 0 Å². The van der Waals surface area contributed by atoms with Crippen LogP contribution in [0.3, 0.4) is 0 Å². The van der Waals surface area contributed by atoms with Gasteiger partial charge in [-0.3, -0.25) is 4.79 Å². The van der Waals surface area contributed by atoms with E-state index in [2.05, 4.69) is 0 Å². The zero-order chi connectivity index (χ0) is 10.1. The van der Waals surface area contributed by atoms with Gasteiger partial charge in [-0.15, -0.1) is 0 Å². The van der Waals surface area contributed by atoms with Gasteiger partial charge in [0.05, 0.1) is 18.6 Å². The van der Waals surface area contributed by atoms with Gasteiger partial charge in [-0.25, -0.2) is 0 Å². The van der Waals surface area contributed by atoms with Crippen molar-refractivity contribution >= 4 is 5.97 Å². The highest BCUT2D eigenvalue weighted by Gasteiger charge is 2.48. The molecular weight excluding hydrogens is 168 g/mol. The molecular formula is C10H18O3. The van der Waals surface area contributed by atoms with E-state index in [-0.39, 0.29) is 11.9 Å². The highest BCUT2D eigenvalue weighted by Crippen LogP contribution is 2.41. The molecule has 0 aliphatic heterocycles. The van der Waals surface area contributed by atoms with Crippen molar-refractivity contribution in [1.29, 1.82) is 0 Å². The maximum Gasteiger partial charge on any atom is 0.314 e. The summed E-state index contributed by atoms with van der Waals surface area (Å²) in [6, 6.07) is 0. The third-order valence-electron chi connectivity index (χ3n) is 3.46. The van der Waals surface area contributed by atoms with Crippen LogP contribution in [-0.4, -0.2) is 24.3 Å². The van der Waals surface area contributed by atoms with Crippen LogP contribution in [0.1, 0.15) is 33.1 Å². The fourth-order valence-electron chi connectivity index (χ4n) is 2.10. The Kier molecular flexibility index (Phi) is 2.96. The van der Waals surface area contributed by atoms with E-state index < -0.39 is 11.5 Å². The lowest BCUT2D eigenvalue weighted by molar-refractivity contribution is -0.167. The average Bonchev–Trinajstić information content (AvgIpc) is 2.12. The summed E-state index contributed by atoms with van der Waals surface area (Å²) in [5, 5.41) is 9.80. The van der Waals surface area contributed by atoms with Gasteiger partial charge in [0, 0.05) is 0 Å². The number of rotatable bonds is 1. The van der Waals surface area contributed by atoms with Crippen LogP contribution in [0.4, 0.5) is 0 Å². The van der Waals surface area contributed by atoms with E-state index in [4.69, 9.17) is 4.74 Å². The Bertz CT molecular complexity index is 190. The van der Waals surface area contributed by atoms with Gasteiger partial charge in [0.25, 0.3) is 0 Å². The van der Waals surface area contributed by atoms with E-state index in [0.717, 1.165) is 12.8 Å². The topological polar surface area (TPSA) is 46.5 Å². The SMILES string of the molecule is COC(=O)C1(C)C(C)CCCC1O. The predicted octanol–water partition coefficient (Wildman–Crippen LogP) is 1.35. The van der Waals surface area contributed by atoms with Gasteiger partial charge in [0.2, 0.25) is 0 Å². The van der Waals surface area contributed by atoms with Crippen molar-refractivity contribution in [3.8, 4) is 0 Å². The first-order valence-electron chi connectivity index (χ1n) is 4.80. The molecule has 1 N–H and O–H groups in total. The molecule has 3 unspecified atom stereocenters. The normalized spacial score (nSPS) is 40.0. The summed E-state index contributed by atoms with van der Waals surface area (Å²) in [4.78, 5) is 11.5. The van der Waals surface area contributed by atoms with E-state index in [9.17, 15) is 9.90 Å². The molecule has 0 aromatic heterocycles. The fraction of sp³-hybridized carbons (Fsp3) is 0.900. The lowest BCUT2D eigenvalue weighted by atomic mass is 9.66. The molecule has 13 heavy (non-hydrogen) atoms. The highest BCUT2D eigenvalue weighted by molar-refractivity contribution is 5.77. The predicted molar refractivity (Wildman–Crippen MR) is 49.1 cm³/mol. The van der Waals surface area contributed by atoms with Crippen molar-refractivity contribution in [3.05, 3.63) is 0 Å². The van der Waals surface area contributed by atoms with Crippen LogP contribution < -0.4 is 0 Å². The molecule has 3 atom stereocenters. The van der Waals surface area contributed by atoms with Gasteiger partial charge in [-0.2, -0.15) is 0 Å². The molecule has 0 amide bonds. The number of methoxy groups -OCH3 is 1. The number of hydrogen-bond acceptors (Lipinski definition) is 3. The molecule has 1 rings (SSSR count). The highest BCUT2D eigenvalue weighted by atomic mass is 16.5. The van der Waals surface area contributed by atoms with E-state index in [1.165, 1.54) is 7.11 Å². The number of aliphatic hydroxyl groups is 1. The molecule has 0 spiro atoms. The molecule has 1 aliphatic carbocycles. The maximum atomic E-state index is 11.5. The van der Waals surface area contributed by atoms with Gasteiger partial charge >= 0.3 is 5.97 Å². The van der Waals surface area contributed by atoms with Crippen LogP contribution >= 0.6 is 0 Å². The van der Waals surface area contributed by atoms with Crippen LogP contribution in [0.15, 0.2) is 0 Å². The third-order valence-corrected chi connectivity index (χ3v) is 3.46. The molecule has 0 aromatic rings. The minimum Gasteiger partial charge on any atom is -0.469 e. The summed E-state index contributed by atoms with van der Waals surface area (Å²) in [5.74, 6) is -0.0871. The Morgan fingerprint density at radius 2 is 2.15 bits per heavy atom. The molecule has 1 saturated carbocycles. The van der Waals surface area contributed by atoms with Crippen LogP contribution in [0.25, 0.3) is 0 Å². The van der Waals surface area contributed by atoms with Gasteiger partial charge in [0.15, 0.2) is 0 Å². The molecule has 76 valence electrons. The Balaban J connectivity index is 2.87. The van der Waals surface area contributed by atoms with E-state index in [1.54, 1.807) is 6.92 Å². The Morgan fingerprint density at radius 3 is 2.62 bits per heavy atom. The van der Waals surface area contributed by atoms with Crippen LogP contribution in [0.2, 0.25) is 0 Å². The van der Waals surface area contributed by atoms with E-state index in [1.807, 2.05) is 6.92 Å². The number of ether oxygens (including phenoxy) is 1. The minimum absolute atomic E-state index is 0.198. The Morgan fingerprint density at radius 1 is 1.54 bits per heavy atom. The summed E-state index contributed by atoms with van der Waals surface area (Å²) in [7, 11) is 1.38. The number of carbonyl (C=O) groups is 1. The second kappa shape index (κ2) is 3.66. The van der Waals surface area contributed by atoms with E-state index in [0.29, 0.717) is 6.42 Å². The first-order valence-corrected chi connectivity index (χ1v) is 4.80. The van der Waals surface area contributed by atoms with Gasteiger partial charge in [-0.05, 0) is 25.7 Å². The fourth-order valence-corrected chi connectivity index (χ4v) is 2.10. The standard InChI is InChI=1S/C10H18O3/c1-7-5-4-6-8(11)10(7,2)9(12)13-3/h7-8,11H,4-6H2,1-3H3. The van der Waals surface area contributed by atoms with Gasteiger partial charge < -0.3 is 9.84 Å². The summed E-state index contributed by atoms with van der Waals surface area (Å²) >= 11 is 0. The van der Waals surface area contributed by atoms with Crippen molar-refractivity contribution in [2.24, 2.45) is 11.3 Å². The summed E-state index contributed by atoms with van der Waals surface area (Å²) in [6.07, 6.45) is 2.14. The Labute approximate surface area is 79.1 Å². The lowest BCUT2D eigenvalue weighted by Gasteiger charge is -2.40. The summed E-state index contributed by atoms with van der Waals surface area (Å²) in [5.41, 5.74) is -0.701. The second-order valence-corrected chi connectivity index (χ2v) is 4.12. The van der Waals surface area contributed by atoms with Crippen molar-refractivity contribution in [1.82, 2.24) is 0 Å². The minimum atomic E-state index is -0.701. The molecule has 3 nitrogen and oxygen atoms in total. The number of carbonyl (C=O) groups excluding carboxylic acids is 1. The maximum absolute atomic E-state index is 11.5. The number of esters is 1.